The first-order valence-electron chi connectivity index (χ1n) is 50.8. The fourth-order valence-electron chi connectivity index (χ4n) is 17.7. The number of fused-ring (bicyclic) bond motifs is 8. The summed E-state index contributed by atoms with van der Waals surface area (Å²) in [6.45, 7) is 18.4. The second kappa shape index (κ2) is 55.3. The number of hydrogen-bond donors (Lipinski definition) is 0. The topological polar surface area (TPSA) is 346 Å². The zero-order valence-electron chi connectivity index (χ0n) is 86.1. The van der Waals surface area contributed by atoms with E-state index in [1.807, 2.05) is 48.5 Å². The summed E-state index contributed by atoms with van der Waals surface area (Å²) in [7, 11) is 0. The quantitative estimate of drug-likeness (QED) is 0.0148. The Morgan fingerprint density at radius 3 is 0.473 bits per heavy atom. The Hall–Kier alpha value is -16.0. The number of ether oxygens (including phenoxy) is 12. The average molecular weight is 2000 g/mol. The Morgan fingerprint density at radius 1 is 0.196 bits per heavy atom. The van der Waals surface area contributed by atoms with Crippen LogP contribution in [0.2, 0.25) is 0 Å². The van der Waals surface area contributed by atoms with Crippen LogP contribution in [0.4, 0.5) is 45.5 Å². The number of unbranched alkanes of at least 4 members (excludes halogenated alkanes) is 4. The first-order chi connectivity index (χ1) is 71.7. The van der Waals surface area contributed by atoms with Crippen LogP contribution in [0.1, 0.15) is 276 Å². The molecule has 0 radical (unpaired) electrons. The van der Waals surface area contributed by atoms with E-state index in [0.717, 1.165) is 77.0 Å². The van der Waals surface area contributed by atoms with Gasteiger partial charge in [-0.15, -0.1) is 0 Å². The van der Waals surface area contributed by atoms with Gasteiger partial charge in [0.15, 0.2) is 0 Å². The summed E-state index contributed by atoms with van der Waals surface area (Å²) in [6, 6.07) is 72.9. The first-order valence-corrected chi connectivity index (χ1v) is 50.8. The zero-order valence-corrected chi connectivity index (χ0v) is 86.1. The van der Waals surface area contributed by atoms with Gasteiger partial charge in [-0.1, -0.05) is 102 Å². The van der Waals surface area contributed by atoms with E-state index >= 15 is 0 Å². The molecule has 1 aliphatic rings. The fraction of sp³-hybridized carbons (Fsp3) is 0.333. The molecule has 0 aromatic heterocycles. The normalized spacial score (nSPS) is 13.8. The highest BCUT2D eigenvalue weighted by molar-refractivity contribution is 5.79. The molecule has 28 heteroatoms. The predicted molar refractivity (Wildman–Crippen MR) is 565 cm³/mol. The maximum Gasteiger partial charge on any atom is 0.308 e. The minimum atomic E-state index is -1.13. The predicted octanol–water partition coefficient (Wildman–Crippen LogP) is 30.4. The van der Waals surface area contributed by atoms with Crippen molar-refractivity contribution in [3.05, 3.63) is 309 Å². The number of azo groups is 4. The van der Waals surface area contributed by atoms with Crippen LogP contribution in [0.5, 0.6) is 69.0 Å². The van der Waals surface area contributed by atoms with Crippen LogP contribution in [0.15, 0.2) is 284 Å². The molecule has 1 aliphatic carbocycles. The molecule has 0 spiro atoms. The highest BCUT2D eigenvalue weighted by Gasteiger charge is 2.38. The van der Waals surface area contributed by atoms with Gasteiger partial charge in [-0.25, -0.2) is 0 Å². The lowest BCUT2D eigenvalue weighted by Crippen LogP contribution is -2.19. The van der Waals surface area contributed by atoms with Crippen molar-refractivity contribution in [2.24, 2.45) is 40.9 Å². The number of carbonyl (C=O) groups is 8. The van der Waals surface area contributed by atoms with Crippen LogP contribution in [0.25, 0.3) is 0 Å². The second-order valence-corrected chi connectivity index (χ2v) is 36.5. The SMILES string of the molecule is CCCCc1ccc(N=Nc2ccc(OCCCC3c4cc(c(OC(C)=O)cc4OC(C)=O)C(CCCOc4ccc(N=Nc5ccc(CCCC)cc5)cc4)c4cc(c(OC(C)=O)cc4OC(C)=O)C(CCCOc4ccc(N=Nc5ccc(CCCC)cc5)cc4)c4cc(c(OC(C)=O)cc4OC(C)=O)C(CCCOc4ccc(N=Nc5ccc(CCCC)cc5)cc4)c4cc3c(OC(C)=O)cc4OC(C)=O)cc2)cc1. The minimum absolute atomic E-state index is 0.0201. The highest BCUT2D eigenvalue weighted by Crippen LogP contribution is 2.55. The largest absolute Gasteiger partial charge is 0.494 e. The van der Waals surface area contributed by atoms with E-state index in [-0.39, 0.29) is 168 Å². The van der Waals surface area contributed by atoms with E-state index in [9.17, 15) is 38.4 Å². The molecule has 0 fully saturated rings. The number of aryl methyl sites for hydroxylation is 4. The smallest absolute Gasteiger partial charge is 0.308 e. The Bertz CT molecular complexity index is 5710. The van der Waals surface area contributed by atoms with E-state index in [1.165, 1.54) is 102 Å². The number of nitrogens with zero attached hydrogens (tertiary/aromatic N) is 8. The fourth-order valence-corrected chi connectivity index (χ4v) is 17.7. The number of hydrogen-bond acceptors (Lipinski definition) is 28. The maximum atomic E-state index is 14.2. The summed E-state index contributed by atoms with van der Waals surface area (Å²) >= 11 is 0. The molecule has 0 heterocycles. The third-order valence-electron chi connectivity index (χ3n) is 24.7. The molecule has 0 saturated heterocycles. The van der Waals surface area contributed by atoms with Gasteiger partial charge in [0, 0.05) is 148 Å². The Labute approximate surface area is 864 Å². The molecule has 0 saturated carbocycles. The minimum Gasteiger partial charge on any atom is -0.494 e. The van der Waals surface area contributed by atoms with Crippen LogP contribution in [-0.4, -0.2) is 74.2 Å². The lowest BCUT2D eigenvalue weighted by molar-refractivity contribution is -0.133. The number of esters is 8. The van der Waals surface area contributed by atoms with Crippen molar-refractivity contribution in [1.29, 1.82) is 0 Å². The summed E-state index contributed by atoms with van der Waals surface area (Å²) in [6.07, 6.45) is 13.3. The molecule has 0 amide bonds. The van der Waals surface area contributed by atoms with Gasteiger partial charge in [-0.2, -0.15) is 40.9 Å². The van der Waals surface area contributed by atoms with Gasteiger partial charge in [0.25, 0.3) is 0 Å². The zero-order chi connectivity index (χ0) is 105. The molecule has 0 atom stereocenters. The summed E-state index contributed by atoms with van der Waals surface area (Å²) < 4.78 is 77.8. The van der Waals surface area contributed by atoms with Crippen LogP contribution in [0.3, 0.4) is 0 Å². The van der Waals surface area contributed by atoms with Crippen LogP contribution < -0.4 is 56.8 Å². The van der Waals surface area contributed by atoms with Gasteiger partial charge in [-0.3, -0.25) is 38.4 Å². The van der Waals surface area contributed by atoms with Crippen molar-refractivity contribution in [2.75, 3.05) is 26.4 Å². The molecule has 768 valence electrons. The second-order valence-electron chi connectivity index (χ2n) is 36.5. The van der Waals surface area contributed by atoms with E-state index < -0.39 is 71.4 Å². The summed E-state index contributed by atoms with van der Waals surface area (Å²) in [4.78, 5) is 114. The third-order valence-corrected chi connectivity index (χ3v) is 24.7. The highest BCUT2D eigenvalue weighted by atomic mass is 16.6. The van der Waals surface area contributed by atoms with Gasteiger partial charge in [-0.05, 0) is 295 Å². The molecule has 0 aliphatic heterocycles. The van der Waals surface area contributed by atoms with Gasteiger partial charge in [0.1, 0.15) is 69.0 Å². The van der Waals surface area contributed by atoms with E-state index in [1.54, 1.807) is 121 Å². The Balaban J connectivity index is 1.01. The van der Waals surface area contributed by atoms with Gasteiger partial charge >= 0.3 is 47.8 Å². The van der Waals surface area contributed by atoms with Crippen molar-refractivity contribution in [3.8, 4) is 69.0 Å². The summed E-state index contributed by atoms with van der Waals surface area (Å²) in [5, 5.41) is 36.2. The van der Waals surface area contributed by atoms with Crippen LogP contribution in [0, 0.1) is 0 Å². The maximum absolute atomic E-state index is 14.2. The summed E-state index contributed by atoms with van der Waals surface area (Å²) in [5.41, 5.74) is 11.7. The Morgan fingerprint density at radius 2 is 0.338 bits per heavy atom. The van der Waals surface area contributed by atoms with E-state index in [0.29, 0.717) is 68.5 Å². The first kappa shape index (κ1) is 109. The molecule has 148 heavy (non-hydrogen) atoms. The molecule has 0 unspecified atom stereocenters. The summed E-state index contributed by atoms with van der Waals surface area (Å²) in [5.74, 6) is -10.1. The average Bonchev–Trinajstić information content (AvgIpc) is 0.740. The number of rotatable bonds is 48. The van der Waals surface area contributed by atoms with Gasteiger partial charge in [0.2, 0.25) is 0 Å². The lowest BCUT2D eigenvalue weighted by atomic mass is 9.76. The standard InChI is InChI=1S/C120H128N8O20/c1-13-17-25-85-33-41-89(42-34-85)121-125-93-49-57-97(58-50-93)137-65-21-29-101-105-69-107(115(143-79(7)131)73-113(105)141-77(5)129)102(30-22-66-138-98-59-51-94(52-60-98)126-122-90-43-35-86(36-44-90)26-18-14-2)109-71-111(119(147-83(11)135)75-117(109)145-81(9)133)104(32-24-68-140-100-63-55-96(56-64-100)128-124-92-47-39-88(40-48-92)28-20-16-4)112-72-110(118(146-82(10)134)76-120(112)148-84(12)136)103(108-70-106(101)114(142-78(6)130)74-116(108)144-80(8)132)31-23-67-139-99-61-53-95(54-62-99)127-123-91-45-37-87(38-46-91)27-19-15-3/h33-64,69-76,101-104H,13-32,65-68H2,1-12H3. The molecule has 0 N–H and O–H groups in total. The van der Waals surface area contributed by atoms with Crippen molar-refractivity contribution in [2.45, 2.75) is 235 Å². The molecular weight excluding hydrogens is 1870 g/mol. The molecule has 28 nitrogen and oxygen atoms in total. The van der Waals surface area contributed by atoms with Crippen molar-refractivity contribution < 1.29 is 95.2 Å². The van der Waals surface area contributed by atoms with Crippen LogP contribution in [-0.2, 0) is 64.0 Å². The number of carbonyl (C=O) groups excluding carboxylic acids is 8. The molecule has 8 bridgehead atoms. The third kappa shape index (κ3) is 33.0. The van der Waals surface area contributed by atoms with Crippen molar-refractivity contribution in [3.63, 3.8) is 0 Å². The van der Waals surface area contributed by atoms with Gasteiger partial charge in [0.05, 0.1) is 71.9 Å². The van der Waals surface area contributed by atoms with E-state index in [4.69, 9.17) is 56.8 Å². The van der Waals surface area contributed by atoms with Crippen LogP contribution >= 0.6 is 0 Å². The molecule has 13 rings (SSSR count). The van der Waals surface area contributed by atoms with E-state index in [2.05, 4.69) is 117 Å². The van der Waals surface area contributed by atoms with Gasteiger partial charge < -0.3 is 56.8 Å². The molecular formula is C120H128N8O20. The van der Waals surface area contributed by atoms with Crippen molar-refractivity contribution in [1.82, 2.24) is 0 Å². The Kier molecular flexibility index (Phi) is 40.9. The monoisotopic (exact) mass is 2000 g/mol. The van der Waals surface area contributed by atoms with Crippen molar-refractivity contribution >= 4 is 93.3 Å². The molecule has 12 aromatic rings. The number of benzene rings is 12. The lowest BCUT2D eigenvalue weighted by Gasteiger charge is -2.31. The molecule has 12 aromatic carbocycles.